The van der Waals surface area contributed by atoms with Crippen LogP contribution in [0.2, 0.25) is 0 Å². The van der Waals surface area contributed by atoms with Gasteiger partial charge in [-0.1, -0.05) is 11.8 Å². The standard InChI is InChI=1S/C15H17F3N4S/c16-11-1-3-12(4-2-11)22-13(5-7-19)20-21-14(22)23-8-6-10-9-15(10,17)18/h1-4,10H,5-9,19H2. The van der Waals surface area contributed by atoms with Gasteiger partial charge in [0.25, 0.3) is 5.92 Å². The number of nitrogens with zero attached hydrogens (tertiary/aromatic N) is 3. The van der Waals surface area contributed by atoms with E-state index >= 15 is 0 Å². The Morgan fingerprint density at radius 3 is 2.57 bits per heavy atom. The van der Waals surface area contributed by atoms with Crippen molar-refractivity contribution in [3.63, 3.8) is 0 Å². The van der Waals surface area contributed by atoms with E-state index in [1.165, 1.54) is 23.9 Å². The zero-order chi connectivity index (χ0) is 16.4. The van der Waals surface area contributed by atoms with Crippen molar-refractivity contribution in [2.75, 3.05) is 12.3 Å². The van der Waals surface area contributed by atoms with Gasteiger partial charge >= 0.3 is 0 Å². The molecule has 124 valence electrons. The Bertz CT molecular complexity index is 672. The van der Waals surface area contributed by atoms with E-state index in [1.54, 1.807) is 12.1 Å². The van der Waals surface area contributed by atoms with Gasteiger partial charge in [-0.2, -0.15) is 0 Å². The molecule has 3 rings (SSSR count). The smallest absolute Gasteiger partial charge is 0.251 e. The molecule has 4 nitrogen and oxygen atoms in total. The normalized spacial score (nSPS) is 19.0. The van der Waals surface area contributed by atoms with Crippen LogP contribution in [-0.2, 0) is 6.42 Å². The quantitative estimate of drug-likeness (QED) is 0.786. The van der Waals surface area contributed by atoms with E-state index < -0.39 is 11.8 Å². The summed E-state index contributed by atoms with van der Waals surface area (Å²) >= 11 is 1.38. The Labute approximate surface area is 136 Å². The minimum Gasteiger partial charge on any atom is -0.330 e. The van der Waals surface area contributed by atoms with Crippen LogP contribution in [0.4, 0.5) is 13.2 Å². The lowest BCUT2D eigenvalue weighted by atomic mass is 10.3. The predicted octanol–water partition coefficient (Wildman–Crippen LogP) is 3.05. The van der Waals surface area contributed by atoms with Crippen molar-refractivity contribution in [1.82, 2.24) is 14.8 Å². The van der Waals surface area contributed by atoms with Gasteiger partial charge in [-0.15, -0.1) is 10.2 Å². The summed E-state index contributed by atoms with van der Waals surface area (Å²) in [6, 6.07) is 6.00. The third kappa shape index (κ3) is 3.69. The zero-order valence-electron chi connectivity index (χ0n) is 12.4. The second kappa shape index (κ2) is 6.52. The maximum atomic E-state index is 13.1. The first-order valence-electron chi connectivity index (χ1n) is 7.42. The molecule has 2 N–H and O–H groups in total. The number of thioether (sulfide) groups is 1. The van der Waals surface area contributed by atoms with Gasteiger partial charge in [0, 0.05) is 30.2 Å². The molecule has 1 aromatic carbocycles. The summed E-state index contributed by atoms with van der Waals surface area (Å²) in [5, 5.41) is 8.86. The highest BCUT2D eigenvalue weighted by atomic mass is 32.2. The molecule has 8 heteroatoms. The molecule has 1 saturated carbocycles. The van der Waals surface area contributed by atoms with Crippen molar-refractivity contribution >= 4 is 11.8 Å². The highest BCUT2D eigenvalue weighted by Crippen LogP contribution is 2.51. The lowest BCUT2D eigenvalue weighted by molar-refractivity contribution is 0.0983. The molecule has 0 saturated heterocycles. The first kappa shape index (κ1) is 16.3. The van der Waals surface area contributed by atoms with Gasteiger partial charge in [-0.25, -0.2) is 13.2 Å². The van der Waals surface area contributed by atoms with Crippen molar-refractivity contribution in [2.45, 2.75) is 30.3 Å². The Hall–Kier alpha value is -1.54. The summed E-state index contributed by atoms with van der Waals surface area (Å²) < 4.78 is 40.8. The molecule has 1 aliphatic rings. The Balaban J connectivity index is 1.75. The fourth-order valence-corrected chi connectivity index (χ4v) is 3.43. The van der Waals surface area contributed by atoms with E-state index in [0.717, 1.165) is 5.69 Å². The van der Waals surface area contributed by atoms with Gasteiger partial charge in [0.2, 0.25) is 0 Å². The van der Waals surface area contributed by atoms with Crippen LogP contribution in [0.5, 0.6) is 0 Å². The lowest BCUT2D eigenvalue weighted by Crippen LogP contribution is -2.09. The van der Waals surface area contributed by atoms with Gasteiger partial charge in [0.15, 0.2) is 5.16 Å². The first-order valence-corrected chi connectivity index (χ1v) is 8.41. The average Bonchev–Trinajstić information content (AvgIpc) is 2.93. The minimum atomic E-state index is -2.49. The number of halogens is 3. The van der Waals surface area contributed by atoms with Crippen LogP contribution in [0.3, 0.4) is 0 Å². The van der Waals surface area contributed by atoms with Gasteiger partial charge in [-0.3, -0.25) is 4.57 Å². The number of benzene rings is 1. The van der Waals surface area contributed by atoms with Crippen LogP contribution in [0.1, 0.15) is 18.7 Å². The second-order valence-electron chi connectivity index (χ2n) is 5.55. The topological polar surface area (TPSA) is 56.7 Å². The summed E-state index contributed by atoms with van der Waals surface area (Å²) in [5.41, 5.74) is 6.32. The fraction of sp³-hybridized carbons (Fsp3) is 0.467. The van der Waals surface area contributed by atoms with Gasteiger partial charge in [0.1, 0.15) is 11.6 Å². The van der Waals surface area contributed by atoms with Crippen LogP contribution in [0, 0.1) is 11.7 Å². The number of rotatable bonds is 7. The average molecular weight is 342 g/mol. The molecule has 0 radical (unpaired) electrons. The van der Waals surface area contributed by atoms with E-state index in [0.29, 0.717) is 36.1 Å². The van der Waals surface area contributed by atoms with E-state index in [-0.39, 0.29) is 12.2 Å². The summed E-state index contributed by atoms with van der Waals surface area (Å²) in [7, 11) is 0. The van der Waals surface area contributed by atoms with E-state index in [9.17, 15) is 13.2 Å². The highest BCUT2D eigenvalue weighted by Gasteiger charge is 2.55. The number of alkyl halides is 2. The van der Waals surface area contributed by atoms with Gasteiger partial charge in [-0.05, 0) is 37.2 Å². The van der Waals surface area contributed by atoms with Crippen LogP contribution >= 0.6 is 11.8 Å². The molecule has 0 bridgehead atoms. The maximum Gasteiger partial charge on any atom is 0.251 e. The van der Waals surface area contributed by atoms with Crippen LogP contribution in [0.25, 0.3) is 5.69 Å². The largest absolute Gasteiger partial charge is 0.330 e. The third-order valence-electron chi connectivity index (χ3n) is 3.81. The molecule has 1 aliphatic carbocycles. The number of hydrogen-bond donors (Lipinski definition) is 1. The minimum absolute atomic E-state index is 0.0172. The molecular formula is C15H17F3N4S. The Kier molecular flexibility index (Phi) is 4.63. The van der Waals surface area contributed by atoms with Crippen LogP contribution < -0.4 is 5.73 Å². The fourth-order valence-electron chi connectivity index (χ4n) is 2.41. The summed E-state index contributed by atoms with van der Waals surface area (Å²) in [4.78, 5) is 0. The highest BCUT2D eigenvalue weighted by molar-refractivity contribution is 7.99. The molecule has 1 unspecified atom stereocenters. The SMILES string of the molecule is NCCc1nnc(SCCC2CC2(F)F)n1-c1ccc(F)cc1. The number of hydrogen-bond acceptors (Lipinski definition) is 4. The van der Waals surface area contributed by atoms with E-state index in [2.05, 4.69) is 10.2 Å². The predicted molar refractivity (Wildman–Crippen MR) is 82.5 cm³/mol. The molecule has 1 aromatic heterocycles. The molecule has 1 heterocycles. The van der Waals surface area contributed by atoms with Crippen molar-refractivity contribution in [2.24, 2.45) is 11.7 Å². The van der Waals surface area contributed by atoms with Crippen molar-refractivity contribution in [1.29, 1.82) is 0 Å². The lowest BCUT2D eigenvalue weighted by Gasteiger charge is -2.09. The van der Waals surface area contributed by atoms with E-state index in [4.69, 9.17) is 5.73 Å². The van der Waals surface area contributed by atoms with Crippen molar-refractivity contribution in [3.05, 3.63) is 35.9 Å². The summed E-state index contributed by atoms with van der Waals surface area (Å²) in [6.07, 6.45) is 0.961. The summed E-state index contributed by atoms with van der Waals surface area (Å²) in [6.45, 7) is 0.415. The molecule has 2 aromatic rings. The van der Waals surface area contributed by atoms with E-state index in [1.807, 2.05) is 4.57 Å². The molecule has 23 heavy (non-hydrogen) atoms. The molecule has 1 fully saturated rings. The Morgan fingerprint density at radius 1 is 1.26 bits per heavy atom. The summed E-state index contributed by atoms with van der Waals surface area (Å²) in [5.74, 6) is -2.11. The monoisotopic (exact) mass is 342 g/mol. The van der Waals surface area contributed by atoms with Crippen molar-refractivity contribution < 1.29 is 13.2 Å². The van der Waals surface area contributed by atoms with Gasteiger partial charge in [0.05, 0.1) is 0 Å². The van der Waals surface area contributed by atoms with Crippen LogP contribution in [-0.4, -0.2) is 33.0 Å². The number of nitrogens with two attached hydrogens (primary N) is 1. The molecule has 0 spiro atoms. The first-order chi connectivity index (χ1) is 11.0. The zero-order valence-corrected chi connectivity index (χ0v) is 13.2. The second-order valence-corrected chi connectivity index (χ2v) is 6.61. The molecule has 0 aliphatic heterocycles. The number of aromatic nitrogens is 3. The molecular weight excluding hydrogens is 325 g/mol. The van der Waals surface area contributed by atoms with Crippen LogP contribution in [0.15, 0.2) is 29.4 Å². The maximum absolute atomic E-state index is 13.1. The molecule has 0 amide bonds. The Morgan fingerprint density at radius 2 is 1.96 bits per heavy atom. The van der Waals surface area contributed by atoms with Crippen molar-refractivity contribution in [3.8, 4) is 5.69 Å². The van der Waals surface area contributed by atoms with Gasteiger partial charge < -0.3 is 5.73 Å². The molecule has 1 atom stereocenters. The third-order valence-corrected chi connectivity index (χ3v) is 4.77.